The summed E-state index contributed by atoms with van der Waals surface area (Å²) in [6.45, 7) is 4.89. The summed E-state index contributed by atoms with van der Waals surface area (Å²) in [5.74, 6) is 0.279. The van der Waals surface area contributed by atoms with Crippen LogP contribution in [0.5, 0.6) is 5.75 Å². The van der Waals surface area contributed by atoms with Crippen LogP contribution in [0.25, 0.3) is 22.2 Å². The van der Waals surface area contributed by atoms with Gasteiger partial charge < -0.3 is 20.2 Å². The average Bonchev–Trinajstić information content (AvgIpc) is 3.17. The Kier molecular flexibility index (Phi) is 5.04. The Labute approximate surface area is 157 Å². The zero-order valence-electron chi connectivity index (χ0n) is 15.0. The highest BCUT2D eigenvalue weighted by Crippen LogP contribution is 2.30. The van der Waals surface area contributed by atoms with Gasteiger partial charge in [0.15, 0.2) is 0 Å². The molecule has 0 atom stereocenters. The molecular weight excluding hydrogens is 344 g/mol. The Hall–Kier alpha value is -2.90. The summed E-state index contributed by atoms with van der Waals surface area (Å²) in [5.41, 5.74) is 8.31. The lowest BCUT2D eigenvalue weighted by Crippen LogP contribution is -2.38. The highest BCUT2D eigenvalue weighted by Gasteiger charge is 2.16. The van der Waals surface area contributed by atoms with E-state index in [9.17, 15) is 4.79 Å². The maximum absolute atomic E-state index is 12.1. The van der Waals surface area contributed by atoms with Crippen molar-refractivity contribution in [3.8, 4) is 16.9 Å². The second-order valence-corrected chi connectivity index (χ2v) is 6.48. The topological polar surface area (TPSA) is 93.5 Å². The van der Waals surface area contributed by atoms with Gasteiger partial charge in [0.05, 0.1) is 18.8 Å². The van der Waals surface area contributed by atoms with Gasteiger partial charge in [0.1, 0.15) is 18.0 Å². The van der Waals surface area contributed by atoms with Crippen molar-refractivity contribution >= 4 is 16.9 Å². The molecule has 0 bridgehead atoms. The molecule has 1 aliphatic heterocycles. The lowest BCUT2D eigenvalue weighted by atomic mass is 9.99. The number of amides is 1. The van der Waals surface area contributed by atoms with Crippen LogP contribution >= 0.6 is 0 Å². The number of nitrogens with zero attached hydrogens (tertiary/aromatic N) is 2. The summed E-state index contributed by atoms with van der Waals surface area (Å²) < 4.78 is 11.3. The monoisotopic (exact) mass is 366 g/mol. The third-order valence-electron chi connectivity index (χ3n) is 4.76. The number of benzene rings is 1. The lowest BCUT2D eigenvalue weighted by molar-refractivity contribution is 0.0322. The van der Waals surface area contributed by atoms with Crippen LogP contribution in [0.2, 0.25) is 0 Å². The Morgan fingerprint density at radius 1 is 1.30 bits per heavy atom. The van der Waals surface area contributed by atoms with Crippen molar-refractivity contribution < 1.29 is 14.3 Å². The number of rotatable bonds is 6. The van der Waals surface area contributed by atoms with Gasteiger partial charge in [-0.1, -0.05) is 12.1 Å². The molecule has 1 amide bonds. The quantitative estimate of drug-likeness (QED) is 0.696. The molecule has 0 saturated carbocycles. The predicted molar refractivity (Wildman–Crippen MR) is 103 cm³/mol. The van der Waals surface area contributed by atoms with Crippen molar-refractivity contribution in [3.05, 3.63) is 48.3 Å². The average molecular weight is 366 g/mol. The van der Waals surface area contributed by atoms with E-state index in [1.54, 1.807) is 12.4 Å². The Balaban J connectivity index is 1.54. The first kappa shape index (κ1) is 17.5. The van der Waals surface area contributed by atoms with E-state index < -0.39 is 5.91 Å². The molecule has 27 heavy (non-hydrogen) atoms. The molecule has 1 fully saturated rings. The molecule has 3 aromatic rings. The van der Waals surface area contributed by atoms with Gasteiger partial charge in [0.25, 0.3) is 0 Å². The maximum Gasteiger partial charge on any atom is 0.250 e. The fraction of sp³-hybridized carbons (Fsp3) is 0.300. The number of aromatic amines is 1. The zero-order chi connectivity index (χ0) is 18.6. The number of aromatic nitrogens is 2. The van der Waals surface area contributed by atoms with Gasteiger partial charge >= 0.3 is 0 Å². The number of morpholine rings is 1. The number of H-pyrrole nitrogens is 1. The number of hydrogen-bond donors (Lipinski definition) is 2. The molecule has 0 radical (unpaired) electrons. The molecule has 3 N–H and O–H groups in total. The van der Waals surface area contributed by atoms with Gasteiger partial charge in [0.2, 0.25) is 5.91 Å². The van der Waals surface area contributed by atoms with Crippen LogP contribution in [0, 0.1) is 0 Å². The number of primary amides is 1. The van der Waals surface area contributed by atoms with Crippen LogP contribution in [-0.2, 0) is 4.74 Å². The van der Waals surface area contributed by atoms with E-state index in [0.29, 0.717) is 23.4 Å². The molecule has 0 spiro atoms. The van der Waals surface area contributed by atoms with Gasteiger partial charge in [-0.05, 0) is 23.8 Å². The van der Waals surface area contributed by atoms with E-state index >= 15 is 0 Å². The lowest BCUT2D eigenvalue weighted by Gasteiger charge is -2.26. The summed E-state index contributed by atoms with van der Waals surface area (Å²) in [5, 5.41) is 0.721. The van der Waals surface area contributed by atoms with Crippen LogP contribution in [0.15, 0.2) is 42.7 Å². The summed E-state index contributed by atoms with van der Waals surface area (Å²) in [6.07, 6.45) is 3.42. The van der Waals surface area contributed by atoms with Crippen LogP contribution < -0.4 is 10.5 Å². The van der Waals surface area contributed by atoms with Crippen molar-refractivity contribution in [3.63, 3.8) is 0 Å². The molecule has 4 rings (SSSR count). The third kappa shape index (κ3) is 3.79. The zero-order valence-corrected chi connectivity index (χ0v) is 15.0. The second-order valence-electron chi connectivity index (χ2n) is 6.48. The summed E-state index contributed by atoms with van der Waals surface area (Å²) in [7, 11) is 0. The minimum Gasteiger partial charge on any atom is -0.492 e. The summed E-state index contributed by atoms with van der Waals surface area (Å²) >= 11 is 0. The van der Waals surface area contributed by atoms with Gasteiger partial charge in [0, 0.05) is 43.0 Å². The number of carbonyl (C=O) groups excluding carboxylic acids is 1. The van der Waals surface area contributed by atoms with Crippen LogP contribution in [0.3, 0.4) is 0 Å². The second kappa shape index (κ2) is 7.77. The Morgan fingerprint density at radius 2 is 2.15 bits per heavy atom. The first-order valence-corrected chi connectivity index (χ1v) is 9.01. The molecular formula is C20H22N4O3. The number of nitrogens with one attached hydrogen (secondary N) is 1. The molecule has 2 aromatic heterocycles. The Morgan fingerprint density at radius 3 is 2.96 bits per heavy atom. The SMILES string of the molecule is NC(=O)c1c(-c2cccc(OCCN3CCOCC3)c2)cnc2[nH]ccc12. The Bertz CT molecular complexity index is 947. The van der Waals surface area contributed by atoms with E-state index in [4.69, 9.17) is 15.2 Å². The largest absolute Gasteiger partial charge is 0.492 e. The van der Waals surface area contributed by atoms with Gasteiger partial charge in [-0.15, -0.1) is 0 Å². The van der Waals surface area contributed by atoms with Crippen molar-refractivity contribution in [1.29, 1.82) is 0 Å². The van der Waals surface area contributed by atoms with E-state index in [-0.39, 0.29) is 0 Å². The number of pyridine rings is 1. The number of hydrogen-bond acceptors (Lipinski definition) is 5. The normalized spacial score (nSPS) is 15.1. The van der Waals surface area contributed by atoms with Gasteiger partial charge in [-0.25, -0.2) is 4.98 Å². The van der Waals surface area contributed by atoms with Crippen molar-refractivity contribution in [2.24, 2.45) is 5.73 Å². The molecule has 1 aliphatic rings. The van der Waals surface area contributed by atoms with Gasteiger partial charge in [-0.2, -0.15) is 0 Å². The van der Waals surface area contributed by atoms with Crippen LogP contribution in [-0.4, -0.2) is 60.2 Å². The summed E-state index contributed by atoms with van der Waals surface area (Å²) in [6, 6.07) is 9.48. The molecule has 140 valence electrons. The number of fused-ring (bicyclic) bond motifs is 1. The fourth-order valence-corrected chi connectivity index (χ4v) is 3.36. The highest BCUT2D eigenvalue weighted by molar-refractivity contribution is 6.10. The molecule has 1 saturated heterocycles. The van der Waals surface area contributed by atoms with Crippen molar-refractivity contribution in [2.75, 3.05) is 39.5 Å². The first-order chi connectivity index (χ1) is 13.2. The third-order valence-corrected chi connectivity index (χ3v) is 4.76. The maximum atomic E-state index is 12.1. The van der Waals surface area contributed by atoms with Crippen molar-refractivity contribution in [1.82, 2.24) is 14.9 Å². The summed E-state index contributed by atoms with van der Waals surface area (Å²) in [4.78, 5) is 21.8. The van der Waals surface area contributed by atoms with E-state index in [1.165, 1.54) is 0 Å². The molecule has 0 unspecified atom stereocenters. The number of carbonyl (C=O) groups is 1. The molecule has 7 nitrogen and oxygen atoms in total. The predicted octanol–water partition coefficient (Wildman–Crippen LogP) is 2.04. The van der Waals surface area contributed by atoms with Crippen LogP contribution in [0.1, 0.15) is 10.4 Å². The first-order valence-electron chi connectivity index (χ1n) is 9.01. The van der Waals surface area contributed by atoms with Crippen molar-refractivity contribution in [2.45, 2.75) is 0 Å². The fourth-order valence-electron chi connectivity index (χ4n) is 3.36. The molecule has 0 aliphatic carbocycles. The van der Waals surface area contributed by atoms with Crippen LogP contribution in [0.4, 0.5) is 0 Å². The van der Waals surface area contributed by atoms with E-state index in [0.717, 1.165) is 49.5 Å². The molecule has 1 aromatic carbocycles. The number of ether oxygens (including phenoxy) is 2. The highest BCUT2D eigenvalue weighted by atomic mass is 16.5. The minimum absolute atomic E-state index is 0.465. The minimum atomic E-state index is -0.476. The molecule has 3 heterocycles. The van der Waals surface area contributed by atoms with Gasteiger partial charge in [-0.3, -0.25) is 9.69 Å². The standard InChI is InChI=1S/C20H22N4O3/c21-19(25)18-16-4-5-22-20(16)23-13-17(18)14-2-1-3-15(12-14)27-11-8-24-6-9-26-10-7-24/h1-5,12-13H,6-11H2,(H2,21,25)(H,22,23). The molecule has 7 heteroatoms. The van der Waals surface area contributed by atoms with E-state index in [2.05, 4.69) is 14.9 Å². The van der Waals surface area contributed by atoms with E-state index in [1.807, 2.05) is 30.3 Å². The smallest absolute Gasteiger partial charge is 0.250 e. The number of nitrogens with two attached hydrogens (primary N) is 1.